The van der Waals surface area contributed by atoms with E-state index < -0.39 is 11.8 Å². The van der Waals surface area contributed by atoms with E-state index in [0.29, 0.717) is 5.56 Å². The molecule has 0 unspecified atom stereocenters. The quantitative estimate of drug-likeness (QED) is 0.466. The molecule has 0 spiro atoms. The van der Waals surface area contributed by atoms with Crippen molar-refractivity contribution in [1.29, 1.82) is 0 Å². The zero-order valence-electron chi connectivity index (χ0n) is 16.9. The number of fused-ring (bicyclic) bond motifs is 1. The van der Waals surface area contributed by atoms with E-state index in [-0.39, 0.29) is 23.1 Å². The van der Waals surface area contributed by atoms with Crippen LogP contribution in [0.15, 0.2) is 36.0 Å². The molecule has 0 bridgehead atoms. The molecule has 1 N–H and O–H groups in total. The highest BCUT2D eigenvalue weighted by Crippen LogP contribution is 2.25. The second kappa shape index (κ2) is 8.39. The first kappa shape index (κ1) is 20.3. The Morgan fingerprint density at radius 3 is 2.57 bits per heavy atom. The Morgan fingerprint density at radius 2 is 1.83 bits per heavy atom. The first-order chi connectivity index (χ1) is 14.5. The fraction of sp³-hybridized carbons (Fsp3) is 0.364. The van der Waals surface area contributed by atoms with Crippen LogP contribution in [0.5, 0.6) is 0 Å². The van der Waals surface area contributed by atoms with Gasteiger partial charge in [-0.25, -0.2) is 0 Å². The molecule has 156 valence electrons. The molecule has 2 aliphatic rings. The van der Waals surface area contributed by atoms with E-state index in [1.807, 2.05) is 39.9 Å². The Bertz CT molecular complexity index is 1060. The van der Waals surface area contributed by atoms with E-state index in [1.54, 1.807) is 6.08 Å². The van der Waals surface area contributed by atoms with Gasteiger partial charge in [-0.15, -0.1) is 0 Å². The van der Waals surface area contributed by atoms with Crippen molar-refractivity contribution >= 4 is 52.0 Å². The number of thiocarbonyl (C=S) groups is 1. The molecule has 0 atom stereocenters. The number of rotatable bonds is 3. The SMILES string of the molecule is CN1C(=O)/C(=C/c2cn(CC(=O)N3CCCCCC3)c3ccccc23)C(=O)NC1=S. The van der Waals surface area contributed by atoms with Crippen molar-refractivity contribution in [2.45, 2.75) is 32.2 Å². The monoisotopic (exact) mass is 424 g/mol. The van der Waals surface area contributed by atoms with Crippen LogP contribution in [-0.2, 0) is 20.9 Å². The molecule has 0 aliphatic carbocycles. The third-order valence-corrected chi connectivity index (χ3v) is 6.06. The molecule has 0 radical (unpaired) electrons. The molecule has 2 fully saturated rings. The van der Waals surface area contributed by atoms with Crippen LogP contribution in [0.2, 0.25) is 0 Å². The second-order valence-corrected chi connectivity index (χ2v) is 8.09. The van der Waals surface area contributed by atoms with Crippen LogP contribution in [-0.4, -0.2) is 57.3 Å². The van der Waals surface area contributed by atoms with Crippen molar-refractivity contribution in [3.8, 4) is 0 Å². The first-order valence-electron chi connectivity index (χ1n) is 10.2. The molecule has 2 aliphatic heterocycles. The van der Waals surface area contributed by atoms with Crippen LogP contribution in [0, 0.1) is 0 Å². The van der Waals surface area contributed by atoms with E-state index in [1.165, 1.54) is 24.8 Å². The molecule has 4 rings (SSSR count). The van der Waals surface area contributed by atoms with E-state index in [2.05, 4.69) is 5.32 Å². The summed E-state index contributed by atoms with van der Waals surface area (Å²) in [6.45, 7) is 1.83. The maximum Gasteiger partial charge on any atom is 0.265 e. The van der Waals surface area contributed by atoms with E-state index >= 15 is 0 Å². The van der Waals surface area contributed by atoms with Gasteiger partial charge < -0.3 is 9.47 Å². The lowest BCUT2D eigenvalue weighted by Crippen LogP contribution is -2.52. The number of hydrogen-bond acceptors (Lipinski definition) is 4. The molecule has 2 saturated heterocycles. The minimum absolute atomic E-state index is 0.0212. The highest BCUT2D eigenvalue weighted by Gasteiger charge is 2.31. The van der Waals surface area contributed by atoms with Crippen LogP contribution in [0.25, 0.3) is 17.0 Å². The fourth-order valence-electron chi connectivity index (χ4n) is 3.99. The molecular formula is C22H24N4O3S. The molecule has 7 nitrogen and oxygen atoms in total. The summed E-state index contributed by atoms with van der Waals surface area (Å²) >= 11 is 5.00. The smallest absolute Gasteiger partial charge is 0.265 e. The number of aromatic nitrogens is 1. The lowest BCUT2D eigenvalue weighted by atomic mass is 10.1. The summed E-state index contributed by atoms with van der Waals surface area (Å²) in [6, 6.07) is 7.68. The summed E-state index contributed by atoms with van der Waals surface area (Å²) in [5, 5.41) is 3.50. The van der Waals surface area contributed by atoms with E-state index in [4.69, 9.17) is 12.2 Å². The molecule has 8 heteroatoms. The predicted molar refractivity (Wildman–Crippen MR) is 118 cm³/mol. The molecule has 30 heavy (non-hydrogen) atoms. The second-order valence-electron chi connectivity index (χ2n) is 7.71. The number of hydrogen-bond donors (Lipinski definition) is 1. The standard InChI is InChI=1S/C22H24N4O3S/c1-24-21(29)17(20(28)23-22(24)30)12-15-13-26(18-9-5-4-8-16(15)18)14-19(27)25-10-6-2-3-7-11-25/h4-5,8-9,12-13H,2-3,6-7,10-11,14H2,1H3,(H,23,28,30)/b17-12+. The maximum atomic E-state index is 12.9. The highest BCUT2D eigenvalue weighted by molar-refractivity contribution is 7.80. The van der Waals surface area contributed by atoms with Crippen molar-refractivity contribution in [3.63, 3.8) is 0 Å². The van der Waals surface area contributed by atoms with Gasteiger partial charge >= 0.3 is 0 Å². The summed E-state index contributed by atoms with van der Waals surface area (Å²) in [6.07, 6.45) is 7.83. The van der Waals surface area contributed by atoms with Gasteiger partial charge in [0.1, 0.15) is 12.1 Å². The number of nitrogens with one attached hydrogen (secondary N) is 1. The van der Waals surface area contributed by atoms with Gasteiger partial charge in [0.2, 0.25) is 5.91 Å². The van der Waals surface area contributed by atoms with Gasteiger partial charge in [0.05, 0.1) is 0 Å². The maximum absolute atomic E-state index is 12.9. The van der Waals surface area contributed by atoms with Crippen molar-refractivity contribution < 1.29 is 14.4 Å². The number of benzene rings is 1. The van der Waals surface area contributed by atoms with Gasteiger partial charge in [-0.1, -0.05) is 31.0 Å². The van der Waals surface area contributed by atoms with Gasteiger partial charge in [-0.3, -0.25) is 24.6 Å². The third kappa shape index (κ3) is 3.87. The molecule has 1 aromatic heterocycles. The van der Waals surface area contributed by atoms with Crippen LogP contribution in [0.1, 0.15) is 31.2 Å². The van der Waals surface area contributed by atoms with Gasteiger partial charge in [-0.2, -0.15) is 0 Å². The fourth-order valence-corrected chi connectivity index (χ4v) is 4.16. The van der Waals surface area contributed by atoms with E-state index in [0.717, 1.165) is 36.8 Å². The summed E-state index contributed by atoms with van der Waals surface area (Å²) in [5.74, 6) is -0.866. The normalized spacial score (nSPS) is 19.4. The predicted octanol–water partition coefficient (Wildman–Crippen LogP) is 2.30. The van der Waals surface area contributed by atoms with Crippen LogP contribution in [0.3, 0.4) is 0 Å². The minimum Gasteiger partial charge on any atom is -0.341 e. The lowest BCUT2D eigenvalue weighted by molar-refractivity contribution is -0.132. The van der Waals surface area contributed by atoms with Gasteiger partial charge in [0.15, 0.2) is 5.11 Å². The number of likely N-dealkylation sites (tertiary alicyclic amines) is 1. The Hall–Kier alpha value is -3.00. The molecule has 3 amide bonds. The van der Waals surface area contributed by atoms with Crippen LogP contribution >= 0.6 is 12.2 Å². The number of para-hydroxylation sites is 1. The number of amides is 3. The zero-order chi connectivity index (χ0) is 21.3. The van der Waals surface area contributed by atoms with Crippen molar-refractivity contribution in [2.75, 3.05) is 20.1 Å². The molecular weight excluding hydrogens is 400 g/mol. The van der Waals surface area contributed by atoms with Gasteiger partial charge in [0.25, 0.3) is 11.8 Å². The number of carbonyl (C=O) groups excluding carboxylic acids is 3. The van der Waals surface area contributed by atoms with Crippen molar-refractivity contribution in [2.24, 2.45) is 0 Å². The van der Waals surface area contributed by atoms with Crippen LogP contribution in [0.4, 0.5) is 0 Å². The molecule has 2 aromatic rings. The number of nitrogens with zero attached hydrogens (tertiary/aromatic N) is 3. The minimum atomic E-state index is -0.513. The first-order valence-corrected chi connectivity index (χ1v) is 10.6. The number of carbonyl (C=O) groups is 3. The Morgan fingerprint density at radius 1 is 1.13 bits per heavy atom. The zero-order valence-corrected chi connectivity index (χ0v) is 17.7. The van der Waals surface area contributed by atoms with Crippen LogP contribution < -0.4 is 5.32 Å². The topological polar surface area (TPSA) is 74.7 Å². The summed E-state index contributed by atoms with van der Waals surface area (Å²) in [4.78, 5) is 41.0. The van der Waals surface area contributed by atoms with E-state index in [9.17, 15) is 14.4 Å². The third-order valence-electron chi connectivity index (χ3n) is 5.69. The summed E-state index contributed by atoms with van der Waals surface area (Å²) < 4.78 is 1.90. The average Bonchev–Trinajstić information content (AvgIpc) is 2.91. The highest BCUT2D eigenvalue weighted by atomic mass is 32.1. The summed E-state index contributed by atoms with van der Waals surface area (Å²) in [7, 11) is 1.53. The largest absolute Gasteiger partial charge is 0.341 e. The molecule has 1 aromatic carbocycles. The van der Waals surface area contributed by atoms with Gasteiger partial charge in [-0.05, 0) is 37.2 Å². The average molecular weight is 425 g/mol. The Labute approximate surface area is 180 Å². The number of likely N-dealkylation sites (N-methyl/N-ethyl adjacent to an activating group) is 1. The Kier molecular flexibility index (Phi) is 5.67. The Balaban J connectivity index is 1.67. The van der Waals surface area contributed by atoms with Crippen molar-refractivity contribution in [1.82, 2.24) is 19.7 Å². The molecule has 0 saturated carbocycles. The van der Waals surface area contributed by atoms with Crippen molar-refractivity contribution in [3.05, 3.63) is 41.6 Å². The summed E-state index contributed by atoms with van der Waals surface area (Å²) in [5.41, 5.74) is 1.63. The lowest BCUT2D eigenvalue weighted by Gasteiger charge is -2.24. The molecule has 3 heterocycles. The van der Waals surface area contributed by atoms with Gasteiger partial charge in [0, 0.05) is 42.8 Å².